The van der Waals surface area contributed by atoms with Gasteiger partial charge in [0, 0.05) is 64.3 Å². The van der Waals surface area contributed by atoms with Crippen LogP contribution in [-0.4, -0.2) is 63.5 Å². The number of aryl methyl sites for hydroxylation is 1. The Balaban J connectivity index is 1.47. The molecule has 23 heavy (non-hydrogen) atoms. The van der Waals surface area contributed by atoms with Crippen LogP contribution in [0, 0.1) is 0 Å². The summed E-state index contributed by atoms with van der Waals surface area (Å²) < 4.78 is 2.00. The van der Waals surface area contributed by atoms with Gasteiger partial charge in [-0.2, -0.15) is 16.4 Å². The summed E-state index contributed by atoms with van der Waals surface area (Å²) in [5.74, 6) is 0. The highest BCUT2D eigenvalue weighted by Gasteiger charge is 2.26. The summed E-state index contributed by atoms with van der Waals surface area (Å²) in [6, 6.07) is 4.64. The fourth-order valence-corrected chi connectivity index (χ4v) is 3.96. The fraction of sp³-hybridized carbons (Fsp3) is 0.588. The SMILES string of the molecule is OCC[C@H]1CN(CCCn2cccn2)CCN1Cc1ccsc1. The van der Waals surface area contributed by atoms with Crippen LogP contribution in [0.4, 0.5) is 0 Å². The molecule has 1 atom stereocenters. The lowest BCUT2D eigenvalue weighted by Gasteiger charge is -2.41. The third kappa shape index (κ3) is 4.88. The Labute approximate surface area is 142 Å². The van der Waals surface area contributed by atoms with Crippen molar-refractivity contribution in [3.8, 4) is 0 Å². The van der Waals surface area contributed by atoms with Crippen LogP contribution in [0.3, 0.4) is 0 Å². The van der Waals surface area contributed by atoms with Crippen LogP contribution >= 0.6 is 11.3 Å². The molecule has 2 aromatic heterocycles. The number of aliphatic hydroxyl groups is 1. The molecule has 0 unspecified atom stereocenters. The van der Waals surface area contributed by atoms with E-state index in [2.05, 4.69) is 31.7 Å². The third-order valence-electron chi connectivity index (χ3n) is 4.54. The molecule has 5 nitrogen and oxygen atoms in total. The van der Waals surface area contributed by atoms with Gasteiger partial charge in [-0.05, 0) is 41.3 Å². The maximum Gasteiger partial charge on any atom is 0.0489 e. The molecule has 0 aliphatic carbocycles. The summed E-state index contributed by atoms with van der Waals surface area (Å²) in [4.78, 5) is 5.07. The molecule has 0 radical (unpaired) electrons. The topological polar surface area (TPSA) is 44.5 Å². The minimum absolute atomic E-state index is 0.270. The van der Waals surface area contributed by atoms with Crippen molar-refractivity contribution in [2.45, 2.75) is 32.0 Å². The molecule has 1 N–H and O–H groups in total. The fourth-order valence-electron chi connectivity index (χ4n) is 3.30. The highest BCUT2D eigenvalue weighted by atomic mass is 32.1. The molecule has 1 aliphatic heterocycles. The lowest BCUT2D eigenvalue weighted by Crippen LogP contribution is -2.53. The largest absolute Gasteiger partial charge is 0.396 e. The standard InChI is InChI=1S/C17H26N4OS/c22-11-3-17-14-19(6-2-8-21-7-1-5-18-21)9-10-20(17)13-16-4-12-23-15-16/h1,4-5,7,12,15,17,22H,2-3,6,8-11,13-14H2/t17-/m0/s1. The Morgan fingerprint density at radius 1 is 1.30 bits per heavy atom. The van der Waals surface area contributed by atoms with Crippen LogP contribution in [0.25, 0.3) is 0 Å². The van der Waals surface area contributed by atoms with Crippen LogP contribution in [-0.2, 0) is 13.1 Å². The van der Waals surface area contributed by atoms with E-state index in [0.29, 0.717) is 6.04 Å². The van der Waals surface area contributed by atoms with Crippen LogP contribution in [0.15, 0.2) is 35.3 Å². The summed E-state index contributed by atoms with van der Waals surface area (Å²) in [5.41, 5.74) is 1.39. The predicted octanol–water partition coefficient (Wildman–Crippen LogP) is 1.90. The van der Waals surface area contributed by atoms with Crippen LogP contribution < -0.4 is 0 Å². The Morgan fingerprint density at radius 2 is 2.26 bits per heavy atom. The highest BCUT2D eigenvalue weighted by molar-refractivity contribution is 7.07. The smallest absolute Gasteiger partial charge is 0.0489 e. The van der Waals surface area contributed by atoms with E-state index < -0.39 is 0 Å². The summed E-state index contributed by atoms with van der Waals surface area (Å²) >= 11 is 1.76. The van der Waals surface area contributed by atoms with Crippen molar-refractivity contribution in [3.63, 3.8) is 0 Å². The van der Waals surface area contributed by atoms with Crippen molar-refractivity contribution in [1.82, 2.24) is 19.6 Å². The van der Waals surface area contributed by atoms with E-state index in [1.54, 1.807) is 11.3 Å². The molecule has 1 saturated heterocycles. The van der Waals surface area contributed by atoms with Crippen LogP contribution in [0.5, 0.6) is 0 Å². The van der Waals surface area contributed by atoms with Gasteiger partial charge in [-0.3, -0.25) is 9.58 Å². The first kappa shape index (κ1) is 16.6. The number of thiophene rings is 1. The van der Waals surface area contributed by atoms with Crippen molar-refractivity contribution in [2.24, 2.45) is 0 Å². The molecule has 1 aliphatic rings. The zero-order chi connectivity index (χ0) is 15.9. The molecular formula is C17H26N4OS. The van der Waals surface area contributed by atoms with Crippen molar-refractivity contribution in [3.05, 3.63) is 40.8 Å². The second kappa shape index (κ2) is 8.59. The molecule has 0 bridgehead atoms. The van der Waals surface area contributed by atoms with Gasteiger partial charge in [-0.25, -0.2) is 0 Å². The Kier molecular flexibility index (Phi) is 6.21. The number of rotatable bonds is 8. The lowest BCUT2D eigenvalue weighted by atomic mass is 10.1. The van der Waals surface area contributed by atoms with Gasteiger partial charge in [0.25, 0.3) is 0 Å². The number of piperazine rings is 1. The third-order valence-corrected chi connectivity index (χ3v) is 5.27. The zero-order valence-electron chi connectivity index (χ0n) is 13.5. The van der Waals surface area contributed by atoms with Gasteiger partial charge in [0.2, 0.25) is 0 Å². The van der Waals surface area contributed by atoms with E-state index in [1.165, 1.54) is 5.56 Å². The van der Waals surface area contributed by atoms with E-state index in [0.717, 1.165) is 52.1 Å². The van der Waals surface area contributed by atoms with Gasteiger partial charge in [-0.1, -0.05) is 0 Å². The predicted molar refractivity (Wildman–Crippen MR) is 93.5 cm³/mol. The van der Waals surface area contributed by atoms with E-state index in [4.69, 9.17) is 0 Å². The Morgan fingerprint density at radius 3 is 3.00 bits per heavy atom. The highest BCUT2D eigenvalue weighted by Crippen LogP contribution is 2.18. The summed E-state index contributed by atoms with van der Waals surface area (Å²) in [6.45, 7) is 6.62. The van der Waals surface area contributed by atoms with Crippen molar-refractivity contribution in [1.29, 1.82) is 0 Å². The van der Waals surface area contributed by atoms with Gasteiger partial charge in [0.15, 0.2) is 0 Å². The summed E-state index contributed by atoms with van der Waals surface area (Å²) in [7, 11) is 0. The van der Waals surface area contributed by atoms with Crippen molar-refractivity contribution in [2.75, 3.05) is 32.8 Å². The molecular weight excluding hydrogens is 308 g/mol. The Hall–Kier alpha value is -1.21. The van der Waals surface area contributed by atoms with Gasteiger partial charge in [0.05, 0.1) is 0 Å². The molecule has 3 heterocycles. The van der Waals surface area contributed by atoms with Crippen LogP contribution in [0.1, 0.15) is 18.4 Å². The molecule has 2 aromatic rings. The molecule has 0 saturated carbocycles. The average molecular weight is 334 g/mol. The zero-order valence-corrected chi connectivity index (χ0v) is 14.4. The van der Waals surface area contributed by atoms with Gasteiger partial charge in [0.1, 0.15) is 0 Å². The molecule has 1 fully saturated rings. The second-order valence-corrected chi connectivity index (χ2v) is 6.97. The number of aromatic nitrogens is 2. The first-order chi connectivity index (χ1) is 11.3. The minimum Gasteiger partial charge on any atom is -0.396 e. The molecule has 0 amide bonds. The number of hydrogen-bond donors (Lipinski definition) is 1. The van der Waals surface area contributed by atoms with E-state index >= 15 is 0 Å². The van der Waals surface area contributed by atoms with Crippen LogP contribution in [0.2, 0.25) is 0 Å². The maximum atomic E-state index is 9.39. The quantitative estimate of drug-likeness (QED) is 0.801. The molecule has 0 spiro atoms. The molecule has 126 valence electrons. The Bertz CT molecular complexity index is 543. The van der Waals surface area contributed by atoms with E-state index in [1.807, 2.05) is 23.1 Å². The normalized spacial score (nSPS) is 20.1. The number of hydrogen-bond acceptors (Lipinski definition) is 5. The first-order valence-electron chi connectivity index (χ1n) is 8.41. The maximum absolute atomic E-state index is 9.39. The number of aliphatic hydroxyl groups excluding tert-OH is 1. The summed E-state index contributed by atoms with van der Waals surface area (Å²) in [6.07, 6.45) is 5.84. The summed E-state index contributed by atoms with van der Waals surface area (Å²) in [5, 5.41) is 18.0. The van der Waals surface area contributed by atoms with Crippen molar-refractivity contribution >= 4 is 11.3 Å². The second-order valence-electron chi connectivity index (χ2n) is 6.19. The molecule has 3 rings (SSSR count). The van der Waals surface area contributed by atoms with Crippen molar-refractivity contribution < 1.29 is 5.11 Å². The van der Waals surface area contributed by atoms with Gasteiger partial charge < -0.3 is 10.0 Å². The van der Waals surface area contributed by atoms with E-state index in [9.17, 15) is 5.11 Å². The number of nitrogens with zero attached hydrogens (tertiary/aromatic N) is 4. The lowest BCUT2D eigenvalue weighted by molar-refractivity contribution is 0.0526. The first-order valence-corrected chi connectivity index (χ1v) is 9.35. The monoisotopic (exact) mass is 334 g/mol. The molecule has 0 aromatic carbocycles. The van der Waals surface area contributed by atoms with Gasteiger partial charge >= 0.3 is 0 Å². The average Bonchev–Trinajstić information content (AvgIpc) is 3.24. The minimum atomic E-state index is 0.270. The van der Waals surface area contributed by atoms with Gasteiger partial charge in [-0.15, -0.1) is 0 Å². The van der Waals surface area contributed by atoms with E-state index in [-0.39, 0.29) is 6.61 Å². The molecule has 6 heteroatoms.